The van der Waals surface area contributed by atoms with E-state index >= 15 is 0 Å². The first-order valence-electron chi connectivity index (χ1n) is 11.3. The zero-order chi connectivity index (χ0) is 25.5. The van der Waals surface area contributed by atoms with Crippen molar-refractivity contribution in [2.24, 2.45) is 0 Å². The van der Waals surface area contributed by atoms with Crippen LogP contribution in [0.2, 0.25) is 0 Å². The van der Waals surface area contributed by atoms with Crippen molar-refractivity contribution in [3.63, 3.8) is 0 Å². The zero-order valence-corrected chi connectivity index (χ0v) is 20.5. The van der Waals surface area contributed by atoms with Gasteiger partial charge in [-0.3, -0.25) is 23.0 Å². The van der Waals surface area contributed by atoms with E-state index in [1.807, 2.05) is 20.8 Å². The largest absolute Gasteiger partial charge is 0.435 e. The number of carbonyl (C=O) groups excluding carboxylic acids is 1. The van der Waals surface area contributed by atoms with Gasteiger partial charge in [0, 0.05) is 34.7 Å². The minimum atomic E-state index is -2.99. The second-order valence-corrected chi connectivity index (χ2v) is 11.8. The van der Waals surface area contributed by atoms with Gasteiger partial charge in [-0.15, -0.1) is 0 Å². The van der Waals surface area contributed by atoms with E-state index in [4.69, 9.17) is 0 Å². The van der Waals surface area contributed by atoms with Crippen LogP contribution in [0.25, 0.3) is 16.7 Å². The number of fused-ring (bicyclic) bond motifs is 1. The number of ether oxygens (including phenoxy) is 1. The molecule has 8 nitrogen and oxygen atoms in total. The Labute approximate surface area is 202 Å². The minimum absolute atomic E-state index is 0.0665. The minimum Gasteiger partial charge on any atom is -0.435 e. The van der Waals surface area contributed by atoms with Gasteiger partial charge in [-0.2, -0.15) is 19.4 Å². The van der Waals surface area contributed by atoms with E-state index < -0.39 is 22.7 Å². The smallest absolute Gasteiger partial charge is 0.387 e. The molecule has 1 amide bonds. The molecular formula is C24H29F2N3O5S. The number of hydrogen-bond donors (Lipinski definition) is 3. The average Bonchev–Trinajstić information content (AvgIpc) is 3.07. The number of aromatic nitrogens is 2. The van der Waals surface area contributed by atoms with Gasteiger partial charge >= 0.3 is 12.3 Å². The van der Waals surface area contributed by atoms with Crippen molar-refractivity contribution in [1.82, 2.24) is 14.5 Å². The van der Waals surface area contributed by atoms with Gasteiger partial charge in [0.1, 0.15) is 5.75 Å². The third-order valence-corrected chi connectivity index (χ3v) is 8.05. The van der Waals surface area contributed by atoms with Crippen molar-refractivity contribution in [3.05, 3.63) is 58.5 Å². The maximum absolute atomic E-state index is 13.4. The highest BCUT2D eigenvalue weighted by Gasteiger charge is 2.35. The number of nitrogens with zero attached hydrogens (tertiary/aromatic N) is 2. The molecule has 1 aromatic heterocycles. The van der Waals surface area contributed by atoms with E-state index in [2.05, 4.69) is 10.1 Å². The summed E-state index contributed by atoms with van der Waals surface area (Å²) < 4.78 is 52.6. The fourth-order valence-electron chi connectivity index (χ4n) is 4.38. The van der Waals surface area contributed by atoms with Gasteiger partial charge < -0.3 is 10.1 Å². The van der Waals surface area contributed by atoms with Crippen LogP contribution in [0.15, 0.2) is 47.3 Å². The number of imidazole rings is 1. The van der Waals surface area contributed by atoms with Crippen LogP contribution in [0.5, 0.6) is 5.75 Å². The normalized spacial score (nSPS) is 18.1. The first-order chi connectivity index (χ1) is 16.4. The van der Waals surface area contributed by atoms with Gasteiger partial charge in [0.15, 0.2) is 0 Å². The Hall–Kier alpha value is -2.89. The summed E-state index contributed by atoms with van der Waals surface area (Å²) >= 11 is 0. The molecule has 3 aromatic rings. The van der Waals surface area contributed by atoms with E-state index in [0.717, 1.165) is 0 Å². The number of halogens is 2. The van der Waals surface area contributed by atoms with Crippen LogP contribution in [0.4, 0.5) is 8.78 Å². The highest BCUT2D eigenvalue weighted by atomic mass is 32.3. The average molecular weight is 510 g/mol. The van der Waals surface area contributed by atoms with E-state index in [9.17, 15) is 27.5 Å². The monoisotopic (exact) mass is 509 g/mol. The molecule has 1 saturated heterocycles. The molecule has 3 N–H and O–H groups in total. The molecule has 0 spiro atoms. The lowest BCUT2D eigenvalue weighted by Gasteiger charge is -2.44. The predicted molar refractivity (Wildman–Crippen MR) is 132 cm³/mol. The molecule has 11 heteroatoms. The maximum atomic E-state index is 13.4. The van der Waals surface area contributed by atoms with Gasteiger partial charge in [-0.25, -0.2) is 4.79 Å². The van der Waals surface area contributed by atoms with Gasteiger partial charge in [0.2, 0.25) is 0 Å². The molecule has 35 heavy (non-hydrogen) atoms. The summed E-state index contributed by atoms with van der Waals surface area (Å²) in [4.78, 5) is 26.5. The molecule has 0 saturated carbocycles. The second-order valence-electron chi connectivity index (χ2n) is 9.39. The standard InChI is InChI=1S/C24H29F2N3O5S/c1-15(2)28-20-13-16(21(30)27-24(3)9-11-35(32,33)12-10-24)7-8-19(20)29(23(28)31)17-5-4-6-18(14-17)34-22(25)26/h4-8,13-15,22,32-33H,9-12H2,1-3H3,(H,27,30). The lowest BCUT2D eigenvalue weighted by atomic mass is 9.94. The lowest BCUT2D eigenvalue weighted by molar-refractivity contribution is -0.0498. The van der Waals surface area contributed by atoms with Crippen LogP contribution in [-0.4, -0.2) is 47.8 Å². The Balaban J connectivity index is 1.72. The lowest BCUT2D eigenvalue weighted by Crippen LogP contribution is -2.50. The SMILES string of the molecule is CC(C)n1c(=O)n(-c2cccc(OC(F)F)c2)c2ccc(C(=O)NC3(C)CCS(O)(O)CC3)cc21. The molecule has 0 radical (unpaired) electrons. The fraction of sp³-hybridized carbons (Fsp3) is 0.417. The van der Waals surface area contributed by atoms with Crippen molar-refractivity contribution in [2.75, 3.05) is 11.5 Å². The zero-order valence-electron chi connectivity index (χ0n) is 19.7. The predicted octanol–water partition coefficient (Wildman–Crippen LogP) is 5.01. The van der Waals surface area contributed by atoms with Crippen molar-refractivity contribution in [3.8, 4) is 11.4 Å². The molecule has 1 aliphatic heterocycles. The summed E-state index contributed by atoms with van der Waals surface area (Å²) in [7, 11) is -2.58. The van der Waals surface area contributed by atoms with Crippen LogP contribution in [0.1, 0.15) is 50.0 Å². The highest BCUT2D eigenvalue weighted by molar-refractivity contribution is 8.24. The van der Waals surface area contributed by atoms with Crippen molar-refractivity contribution >= 4 is 27.5 Å². The summed E-state index contributed by atoms with van der Waals surface area (Å²) in [5.74, 6) is 0.0959. The Morgan fingerprint density at radius 3 is 2.43 bits per heavy atom. The molecule has 4 rings (SSSR count). The molecule has 2 heterocycles. The number of carbonyl (C=O) groups is 1. The van der Waals surface area contributed by atoms with Crippen molar-refractivity contribution in [1.29, 1.82) is 0 Å². The maximum Gasteiger partial charge on any atom is 0.387 e. The summed E-state index contributed by atoms with van der Waals surface area (Å²) in [5, 5.41) is 3.01. The summed E-state index contributed by atoms with van der Waals surface area (Å²) in [6.45, 7) is 2.58. The Kier molecular flexibility index (Phi) is 6.69. The van der Waals surface area contributed by atoms with Crippen LogP contribution >= 0.6 is 10.6 Å². The van der Waals surface area contributed by atoms with Crippen molar-refractivity contribution in [2.45, 2.75) is 51.8 Å². The third-order valence-electron chi connectivity index (χ3n) is 6.33. The number of nitrogens with one attached hydrogen (secondary N) is 1. The van der Waals surface area contributed by atoms with Gasteiger partial charge in [0.25, 0.3) is 5.91 Å². The summed E-state index contributed by atoms with van der Waals surface area (Å²) in [6, 6.07) is 10.6. The second kappa shape index (κ2) is 9.29. The van der Waals surface area contributed by atoms with Gasteiger partial charge in [-0.05, 0) is 63.9 Å². The summed E-state index contributed by atoms with van der Waals surface area (Å²) in [6.07, 6.45) is 0.904. The molecule has 0 bridgehead atoms. The van der Waals surface area contributed by atoms with E-state index in [1.165, 1.54) is 22.8 Å². The van der Waals surface area contributed by atoms with Crippen LogP contribution < -0.4 is 15.7 Å². The van der Waals surface area contributed by atoms with Crippen LogP contribution in [0.3, 0.4) is 0 Å². The molecule has 1 aliphatic rings. The van der Waals surface area contributed by atoms with E-state index in [0.29, 0.717) is 35.1 Å². The molecular weight excluding hydrogens is 480 g/mol. The number of rotatable bonds is 6. The Morgan fingerprint density at radius 1 is 1.11 bits per heavy atom. The molecule has 2 aromatic carbocycles. The Morgan fingerprint density at radius 2 is 1.80 bits per heavy atom. The topological polar surface area (TPSA) is 106 Å². The number of hydrogen-bond acceptors (Lipinski definition) is 5. The van der Waals surface area contributed by atoms with Gasteiger partial charge in [0.05, 0.1) is 16.7 Å². The number of alkyl halides is 2. The molecule has 0 aliphatic carbocycles. The molecule has 0 unspecified atom stereocenters. The number of benzene rings is 2. The van der Waals surface area contributed by atoms with Crippen LogP contribution in [0, 0.1) is 0 Å². The quantitative estimate of drug-likeness (QED) is 0.433. The van der Waals surface area contributed by atoms with Crippen molar-refractivity contribution < 1.29 is 27.4 Å². The highest BCUT2D eigenvalue weighted by Crippen LogP contribution is 2.46. The number of amides is 1. The first kappa shape index (κ1) is 25.2. The fourth-order valence-corrected chi connectivity index (χ4v) is 6.14. The molecule has 190 valence electrons. The van der Waals surface area contributed by atoms with E-state index in [-0.39, 0.29) is 34.9 Å². The Bertz CT molecular complexity index is 1310. The molecule has 1 fully saturated rings. The van der Waals surface area contributed by atoms with Crippen LogP contribution in [-0.2, 0) is 0 Å². The summed E-state index contributed by atoms with van der Waals surface area (Å²) in [5.41, 5.74) is 0.836. The van der Waals surface area contributed by atoms with E-state index in [1.54, 1.807) is 28.8 Å². The third kappa shape index (κ3) is 5.21. The molecule has 0 atom stereocenters. The van der Waals surface area contributed by atoms with Gasteiger partial charge in [-0.1, -0.05) is 6.07 Å². The first-order valence-corrected chi connectivity index (χ1v) is 13.2.